The van der Waals surface area contributed by atoms with Gasteiger partial charge in [0.25, 0.3) is 0 Å². The molecule has 0 rings (SSSR count). The Bertz CT molecular complexity index is 141. The zero-order chi connectivity index (χ0) is 9.56. The topological polar surface area (TPSA) is 55.1 Å². The first-order valence-corrected chi connectivity index (χ1v) is 5.49. The summed E-state index contributed by atoms with van der Waals surface area (Å²) in [7, 11) is 0. The number of hydrogen-bond donors (Lipinski definition) is 2. The highest BCUT2D eigenvalue weighted by Crippen LogP contribution is 2.02. The highest BCUT2D eigenvalue weighted by atomic mass is 32.2. The summed E-state index contributed by atoms with van der Waals surface area (Å²) in [6, 6.07) is -0.214. The number of primary amides is 1. The van der Waals surface area contributed by atoms with Gasteiger partial charge in [0.1, 0.15) is 0 Å². The summed E-state index contributed by atoms with van der Waals surface area (Å²) < 4.78 is 0. The van der Waals surface area contributed by atoms with Crippen molar-refractivity contribution >= 4 is 17.7 Å². The molecule has 4 heteroatoms. The zero-order valence-corrected chi connectivity index (χ0v) is 8.78. The fourth-order valence-electron chi connectivity index (χ4n) is 0.822. The first-order valence-electron chi connectivity index (χ1n) is 4.09. The highest BCUT2D eigenvalue weighted by molar-refractivity contribution is 7.98. The highest BCUT2D eigenvalue weighted by Gasteiger charge is 2.08. The summed E-state index contributed by atoms with van der Waals surface area (Å²) >= 11 is 1.81. The van der Waals surface area contributed by atoms with Crippen LogP contribution in [0.2, 0.25) is 0 Å². The van der Waals surface area contributed by atoms with E-state index in [4.69, 9.17) is 5.73 Å². The smallest absolute Gasteiger partial charge is 0.234 e. The normalized spacial score (nSPS) is 15.6. The van der Waals surface area contributed by atoms with Crippen molar-refractivity contribution in [3.8, 4) is 0 Å². The van der Waals surface area contributed by atoms with Gasteiger partial charge in [-0.05, 0) is 31.4 Å². The molecule has 0 spiro atoms. The van der Waals surface area contributed by atoms with E-state index in [0.29, 0.717) is 5.92 Å². The molecule has 0 aliphatic heterocycles. The fraction of sp³-hybridized carbons (Fsp3) is 0.875. The number of hydrogen-bond acceptors (Lipinski definition) is 3. The lowest BCUT2D eigenvalue weighted by Gasteiger charge is -2.14. The maximum Gasteiger partial charge on any atom is 0.234 e. The van der Waals surface area contributed by atoms with Gasteiger partial charge in [0.05, 0.1) is 6.04 Å². The molecule has 72 valence electrons. The van der Waals surface area contributed by atoms with Crippen molar-refractivity contribution in [1.29, 1.82) is 0 Å². The molecule has 2 unspecified atom stereocenters. The Morgan fingerprint density at radius 1 is 1.58 bits per heavy atom. The minimum absolute atomic E-state index is 0.214. The van der Waals surface area contributed by atoms with Crippen molar-refractivity contribution < 1.29 is 4.79 Å². The molecule has 3 N–H and O–H groups in total. The number of nitrogens with two attached hydrogens (primary N) is 1. The van der Waals surface area contributed by atoms with Gasteiger partial charge in [-0.3, -0.25) is 4.79 Å². The molecule has 1 amide bonds. The summed E-state index contributed by atoms with van der Waals surface area (Å²) in [4.78, 5) is 10.6. The first-order chi connectivity index (χ1) is 5.57. The molecular weight excluding hydrogens is 172 g/mol. The molecule has 0 heterocycles. The third kappa shape index (κ3) is 5.43. The lowest BCUT2D eigenvalue weighted by atomic mass is 10.2. The summed E-state index contributed by atoms with van der Waals surface area (Å²) in [6.07, 6.45) is 2.08. The van der Waals surface area contributed by atoms with E-state index in [1.54, 1.807) is 6.92 Å². The van der Waals surface area contributed by atoms with E-state index in [1.165, 1.54) is 0 Å². The molecule has 0 bridgehead atoms. The molecule has 0 aromatic rings. The van der Waals surface area contributed by atoms with Gasteiger partial charge in [0, 0.05) is 0 Å². The van der Waals surface area contributed by atoms with Crippen LogP contribution in [-0.2, 0) is 4.79 Å². The molecular formula is C8H18N2OS. The van der Waals surface area contributed by atoms with Crippen molar-refractivity contribution in [2.45, 2.75) is 19.9 Å². The van der Waals surface area contributed by atoms with Gasteiger partial charge in [-0.15, -0.1) is 0 Å². The van der Waals surface area contributed by atoms with E-state index in [9.17, 15) is 4.79 Å². The van der Waals surface area contributed by atoms with E-state index in [0.717, 1.165) is 12.3 Å². The van der Waals surface area contributed by atoms with Crippen LogP contribution in [0.15, 0.2) is 0 Å². The molecule has 2 atom stereocenters. The minimum atomic E-state index is -0.286. The van der Waals surface area contributed by atoms with Crippen LogP contribution in [0.25, 0.3) is 0 Å². The Balaban J connectivity index is 3.46. The first kappa shape index (κ1) is 11.8. The van der Waals surface area contributed by atoms with Crippen molar-refractivity contribution in [2.75, 3.05) is 18.6 Å². The van der Waals surface area contributed by atoms with Crippen LogP contribution in [0.5, 0.6) is 0 Å². The van der Waals surface area contributed by atoms with E-state index < -0.39 is 0 Å². The third-order valence-corrected chi connectivity index (χ3v) is 2.55. The third-order valence-electron chi connectivity index (χ3n) is 1.65. The standard InChI is InChI=1S/C8H18N2OS/c1-6(5-12-3)4-10-7(2)8(9)11/h6-7,10H,4-5H2,1-3H3,(H2,9,11). The largest absolute Gasteiger partial charge is 0.368 e. The maximum atomic E-state index is 10.6. The predicted molar refractivity (Wildman–Crippen MR) is 54.2 cm³/mol. The van der Waals surface area contributed by atoms with Gasteiger partial charge >= 0.3 is 0 Å². The van der Waals surface area contributed by atoms with Crippen LogP contribution < -0.4 is 11.1 Å². The monoisotopic (exact) mass is 190 g/mol. The maximum absolute atomic E-state index is 10.6. The van der Waals surface area contributed by atoms with Crippen LogP contribution in [0.4, 0.5) is 0 Å². The lowest BCUT2D eigenvalue weighted by Crippen LogP contribution is -2.40. The summed E-state index contributed by atoms with van der Waals surface area (Å²) in [5.41, 5.74) is 5.09. The second kappa shape index (κ2) is 6.31. The second-order valence-electron chi connectivity index (χ2n) is 3.09. The minimum Gasteiger partial charge on any atom is -0.368 e. The van der Waals surface area contributed by atoms with Gasteiger partial charge in [0.15, 0.2) is 0 Å². The van der Waals surface area contributed by atoms with E-state index >= 15 is 0 Å². The molecule has 0 aromatic carbocycles. The molecule has 0 radical (unpaired) electrons. The number of amides is 1. The van der Waals surface area contributed by atoms with Gasteiger partial charge in [-0.25, -0.2) is 0 Å². The van der Waals surface area contributed by atoms with E-state index in [-0.39, 0.29) is 11.9 Å². The summed E-state index contributed by atoms with van der Waals surface area (Å²) in [5, 5.41) is 3.08. The predicted octanol–water partition coefficient (Wildman–Crippen LogP) is 0.449. The van der Waals surface area contributed by atoms with Gasteiger partial charge < -0.3 is 11.1 Å². The molecule has 0 aliphatic carbocycles. The average Bonchev–Trinajstić information content (AvgIpc) is 2.00. The Kier molecular flexibility index (Phi) is 6.20. The number of thioether (sulfide) groups is 1. The Labute approximate surface area is 78.5 Å². The SMILES string of the molecule is CSCC(C)CNC(C)C(N)=O. The van der Waals surface area contributed by atoms with Gasteiger partial charge in [-0.2, -0.15) is 11.8 Å². The van der Waals surface area contributed by atoms with Gasteiger partial charge in [-0.1, -0.05) is 6.92 Å². The Morgan fingerprint density at radius 3 is 2.58 bits per heavy atom. The summed E-state index contributed by atoms with van der Waals surface area (Å²) in [6.45, 7) is 4.79. The average molecular weight is 190 g/mol. The number of carbonyl (C=O) groups is 1. The molecule has 0 fully saturated rings. The van der Waals surface area contributed by atoms with E-state index in [1.807, 2.05) is 11.8 Å². The Hall–Kier alpha value is -0.220. The molecule has 0 aromatic heterocycles. The number of nitrogens with one attached hydrogen (secondary N) is 1. The zero-order valence-electron chi connectivity index (χ0n) is 7.96. The van der Waals surface area contributed by atoms with Crippen LogP contribution in [0, 0.1) is 5.92 Å². The Morgan fingerprint density at radius 2 is 2.17 bits per heavy atom. The summed E-state index contributed by atoms with van der Waals surface area (Å²) in [5.74, 6) is 1.41. The van der Waals surface area contributed by atoms with Crippen molar-refractivity contribution in [3.05, 3.63) is 0 Å². The lowest BCUT2D eigenvalue weighted by molar-refractivity contribution is -0.119. The van der Waals surface area contributed by atoms with Crippen molar-refractivity contribution in [3.63, 3.8) is 0 Å². The van der Waals surface area contributed by atoms with Crippen LogP contribution in [0.3, 0.4) is 0 Å². The number of rotatable bonds is 6. The van der Waals surface area contributed by atoms with Crippen LogP contribution in [0.1, 0.15) is 13.8 Å². The van der Waals surface area contributed by atoms with Crippen LogP contribution >= 0.6 is 11.8 Å². The quantitative estimate of drug-likeness (QED) is 0.639. The number of carbonyl (C=O) groups excluding carboxylic acids is 1. The van der Waals surface area contributed by atoms with Gasteiger partial charge in [0.2, 0.25) is 5.91 Å². The molecule has 0 saturated carbocycles. The molecule has 12 heavy (non-hydrogen) atoms. The molecule has 0 aliphatic rings. The van der Waals surface area contributed by atoms with E-state index in [2.05, 4.69) is 18.5 Å². The fourth-order valence-corrected chi connectivity index (χ4v) is 1.51. The van der Waals surface area contributed by atoms with Crippen molar-refractivity contribution in [2.24, 2.45) is 11.7 Å². The molecule has 0 saturated heterocycles. The van der Waals surface area contributed by atoms with Crippen molar-refractivity contribution in [1.82, 2.24) is 5.32 Å². The molecule has 3 nitrogen and oxygen atoms in total. The van der Waals surface area contributed by atoms with Crippen LogP contribution in [-0.4, -0.2) is 30.5 Å². The second-order valence-corrected chi connectivity index (χ2v) is 4.00.